The van der Waals surface area contributed by atoms with Crippen molar-refractivity contribution in [1.82, 2.24) is 5.32 Å². The fourth-order valence-corrected chi connectivity index (χ4v) is 3.80. The van der Waals surface area contributed by atoms with E-state index in [-0.39, 0.29) is 11.8 Å². The molecule has 0 aromatic heterocycles. The maximum atomic E-state index is 12.2. The Bertz CT molecular complexity index is 495. The molecule has 100 valence electrons. The van der Waals surface area contributed by atoms with E-state index in [0.717, 1.165) is 23.9 Å². The molecule has 1 heterocycles. The van der Waals surface area contributed by atoms with Gasteiger partial charge in [-0.25, -0.2) is 8.42 Å². The third kappa shape index (κ3) is 3.24. The Balaban J connectivity index is 2.11. The summed E-state index contributed by atoms with van der Waals surface area (Å²) < 4.78 is 26.8. The Morgan fingerprint density at radius 3 is 2.61 bits per heavy atom. The van der Waals surface area contributed by atoms with Gasteiger partial charge in [0.1, 0.15) is 0 Å². The monoisotopic (exact) mass is 332 g/mol. The van der Waals surface area contributed by atoms with Crippen molar-refractivity contribution < 1.29 is 8.42 Å². The molecule has 1 unspecified atom stereocenters. The Kier molecular flexibility index (Phi) is 4.29. The number of nitrogens with one attached hydrogen (secondary N) is 1. The zero-order valence-corrected chi connectivity index (χ0v) is 12.7. The maximum absolute atomic E-state index is 12.2. The summed E-state index contributed by atoms with van der Waals surface area (Å²) in [6, 6.07) is 7.37. The molecule has 0 spiro atoms. The van der Waals surface area contributed by atoms with E-state index in [1.54, 1.807) is 19.2 Å². The zero-order valence-electron chi connectivity index (χ0n) is 10.3. The van der Waals surface area contributed by atoms with Gasteiger partial charge in [0.05, 0.1) is 11.4 Å². The highest BCUT2D eigenvalue weighted by Crippen LogP contribution is 2.21. The SMILES string of the molecule is CN(c1ccc(Br)cc1)S(=O)(=O)CC1CCCN1. The van der Waals surface area contributed by atoms with Crippen LogP contribution < -0.4 is 9.62 Å². The van der Waals surface area contributed by atoms with Gasteiger partial charge in [-0.2, -0.15) is 0 Å². The maximum Gasteiger partial charge on any atom is 0.236 e. The number of halogens is 1. The first kappa shape index (κ1) is 13.8. The summed E-state index contributed by atoms with van der Waals surface area (Å²) in [5.41, 5.74) is 0.691. The fourth-order valence-electron chi connectivity index (χ4n) is 2.08. The number of anilines is 1. The molecule has 1 aliphatic rings. The molecule has 1 saturated heterocycles. The minimum absolute atomic E-state index is 0.0906. The summed E-state index contributed by atoms with van der Waals surface area (Å²) in [6.07, 6.45) is 2.00. The molecule has 1 fully saturated rings. The Morgan fingerprint density at radius 1 is 1.39 bits per heavy atom. The first-order valence-corrected chi connectivity index (χ1v) is 8.35. The molecule has 0 radical (unpaired) electrons. The second-order valence-corrected chi connectivity index (χ2v) is 7.48. The molecular formula is C12H17BrN2O2S. The smallest absolute Gasteiger partial charge is 0.236 e. The summed E-state index contributed by atoms with van der Waals surface area (Å²) >= 11 is 3.34. The lowest BCUT2D eigenvalue weighted by Crippen LogP contribution is -2.37. The van der Waals surface area contributed by atoms with Gasteiger partial charge >= 0.3 is 0 Å². The van der Waals surface area contributed by atoms with E-state index >= 15 is 0 Å². The van der Waals surface area contributed by atoms with E-state index in [9.17, 15) is 8.42 Å². The van der Waals surface area contributed by atoms with Crippen molar-refractivity contribution >= 4 is 31.6 Å². The predicted octanol–water partition coefficient (Wildman–Crippen LogP) is 1.97. The van der Waals surface area contributed by atoms with E-state index in [1.807, 2.05) is 12.1 Å². The molecule has 0 aliphatic carbocycles. The lowest BCUT2D eigenvalue weighted by atomic mass is 10.3. The zero-order chi connectivity index (χ0) is 13.2. The van der Waals surface area contributed by atoms with Gasteiger partial charge in [0, 0.05) is 17.6 Å². The van der Waals surface area contributed by atoms with Crippen LogP contribution in [0.1, 0.15) is 12.8 Å². The first-order valence-electron chi connectivity index (χ1n) is 5.94. The van der Waals surface area contributed by atoms with Crippen molar-refractivity contribution in [3.63, 3.8) is 0 Å². The van der Waals surface area contributed by atoms with Crippen LogP contribution in [0.5, 0.6) is 0 Å². The highest BCUT2D eigenvalue weighted by Gasteiger charge is 2.25. The number of benzene rings is 1. The summed E-state index contributed by atoms with van der Waals surface area (Å²) in [5.74, 6) is 0.166. The molecule has 1 aromatic rings. The highest BCUT2D eigenvalue weighted by atomic mass is 79.9. The van der Waals surface area contributed by atoms with Gasteiger partial charge in [-0.05, 0) is 43.7 Å². The third-order valence-corrected chi connectivity index (χ3v) is 5.58. The highest BCUT2D eigenvalue weighted by molar-refractivity contribution is 9.10. The van der Waals surface area contributed by atoms with Gasteiger partial charge in [-0.1, -0.05) is 15.9 Å². The largest absolute Gasteiger partial charge is 0.313 e. The molecule has 2 rings (SSSR count). The fraction of sp³-hybridized carbons (Fsp3) is 0.500. The van der Waals surface area contributed by atoms with Crippen LogP contribution in [0.25, 0.3) is 0 Å². The quantitative estimate of drug-likeness (QED) is 0.917. The molecule has 0 amide bonds. The van der Waals surface area contributed by atoms with Crippen molar-refractivity contribution in [2.45, 2.75) is 18.9 Å². The second kappa shape index (κ2) is 5.59. The van der Waals surface area contributed by atoms with E-state index in [1.165, 1.54) is 4.31 Å². The minimum atomic E-state index is -3.25. The van der Waals surface area contributed by atoms with E-state index in [2.05, 4.69) is 21.2 Å². The number of hydrogen-bond acceptors (Lipinski definition) is 3. The molecule has 18 heavy (non-hydrogen) atoms. The molecule has 1 atom stereocenters. The number of hydrogen-bond donors (Lipinski definition) is 1. The van der Waals surface area contributed by atoms with Crippen molar-refractivity contribution in [2.75, 3.05) is 23.7 Å². The number of nitrogens with zero attached hydrogens (tertiary/aromatic N) is 1. The van der Waals surface area contributed by atoms with Crippen LogP contribution in [0.2, 0.25) is 0 Å². The van der Waals surface area contributed by atoms with E-state index in [4.69, 9.17) is 0 Å². The summed E-state index contributed by atoms with van der Waals surface area (Å²) in [5, 5.41) is 3.21. The molecule has 4 nitrogen and oxygen atoms in total. The van der Waals surface area contributed by atoms with Crippen LogP contribution in [0, 0.1) is 0 Å². The van der Waals surface area contributed by atoms with Gasteiger partial charge in [-0.3, -0.25) is 4.31 Å². The number of rotatable bonds is 4. The van der Waals surface area contributed by atoms with Crippen LogP contribution in [0.3, 0.4) is 0 Å². The van der Waals surface area contributed by atoms with E-state index < -0.39 is 10.0 Å². The van der Waals surface area contributed by atoms with Crippen LogP contribution in [0.4, 0.5) is 5.69 Å². The van der Waals surface area contributed by atoms with Crippen LogP contribution >= 0.6 is 15.9 Å². The van der Waals surface area contributed by atoms with Crippen molar-refractivity contribution in [1.29, 1.82) is 0 Å². The van der Waals surface area contributed by atoms with Gasteiger partial charge in [0.15, 0.2) is 0 Å². The standard InChI is InChI=1S/C12H17BrN2O2S/c1-15(12-6-4-10(13)5-7-12)18(16,17)9-11-3-2-8-14-11/h4-7,11,14H,2-3,8-9H2,1H3. The molecule has 1 aliphatic heterocycles. The van der Waals surface area contributed by atoms with Crippen LogP contribution in [0.15, 0.2) is 28.7 Å². The Morgan fingerprint density at radius 2 is 2.06 bits per heavy atom. The van der Waals surface area contributed by atoms with Gasteiger partial charge in [0.2, 0.25) is 10.0 Å². The molecule has 0 bridgehead atoms. The minimum Gasteiger partial charge on any atom is -0.313 e. The van der Waals surface area contributed by atoms with E-state index in [0.29, 0.717) is 5.69 Å². The van der Waals surface area contributed by atoms with Gasteiger partial charge < -0.3 is 5.32 Å². The molecule has 6 heteroatoms. The van der Waals surface area contributed by atoms with Crippen molar-refractivity contribution in [3.8, 4) is 0 Å². The van der Waals surface area contributed by atoms with Crippen LogP contribution in [-0.2, 0) is 10.0 Å². The summed E-state index contributed by atoms with van der Waals surface area (Å²) in [7, 11) is -1.65. The topological polar surface area (TPSA) is 49.4 Å². The second-order valence-electron chi connectivity index (χ2n) is 4.52. The van der Waals surface area contributed by atoms with Gasteiger partial charge in [0.25, 0.3) is 0 Å². The van der Waals surface area contributed by atoms with Crippen LogP contribution in [-0.4, -0.2) is 33.8 Å². The molecule has 1 N–H and O–H groups in total. The molecule has 0 saturated carbocycles. The molecular weight excluding hydrogens is 316 g/mol. The average Bonchev–Trinajstić information content (AvgIpc) is 2.81. The predicted molar refractivity (Wildman–Crippen MR) is 77.4 cm³/mol. The Labute approximate surface area is 117 Å². The summed E-state index contributed by atoms with van der Waals surface area (Å²) in [6.45, 7) is 0.919. The molecule has 1 aromatic carbocycles. The third-order valence-electron chi connectivity index (χ3n) is 3.18. The average molecular weight is 333 g/mol. The van der Waals surface area contributed by atoms with Gasteiger partial charge in [-0.15, -0.1) is 0 Å². The number of sulfonamides is 1. The summed E-state index contributed by atoms with van der Waals surface area (Å²) in [4.78, 5) is 0. The van der Waals surface area contributed by atoms with Crippen molar-refractivity contribution in [3.05, 3.63) is 28.7 Å². The Hall–Kier alpha value is -0.590. The first-order chi connectivity index (χ1) is 8.49. The lowest BCUT2D eigenvalue weighted by Gasteiger charge is -2.21. The van der Waals surface area contributed by atoms with Crippen molar-refractivity contribution in [2.24, 2.45) is 0 Å². The normalized spacial score (nSPS) is 20.0. The lowest BCUT2D eigenvalue weighted by molar-refractivity contribution is 0.575.